The van der Waals surface area contributed by atoms with Crippen molar-refractivity contribution in [3.63, 3.8) is 0 Å². The maximum Gasteiger partial charge on any atom is 0.261 e. The quantitative estimate of drug-likeness (QED) is 0.843. The number of thioether (sulfide) groups is 1. The maximum atomic E-state index is 12.6. The van der Waals surface area contributed by atoms with Gasteiger partial charge in [0.25, 0.3) is 5.91 Å². The SMILES string of the molecule is CC(=O)c1cccc(NC(=O)c2cccnc2OC2CCSC2)c1. The highest BCUT2D eigenvalue weighted by molar-refractivity contribution is 7.99. The molecule has 6 heteroatoms. The molecular weight excluding hydrogens is 324 g/mol. The first-order valence-corrected chi connectivity index (χ1v) is 8.91. The van der Waals surface area contributed by atoms with E-state index in [1.807, 2.05) is 11.8 Å². The summed E-state index contributed by atoms with van der Waals surface area (Å²) in [5.74, 6) is 1.99. The smallest absolute Gasteiger partial charge is 0.261 e. The Bertz CT molecular complexity index is 757. The molecule has 1 unspecified atom stereocenters. The summed E-state index contributed by atoms with van der Waals surface area (Å²) in [7, 11) is 0. The van der Waals surface area contributed by atoms with Gasteiger partial charge in [-0.3, -0.25) is 9.59 Å². The third-order valence-corrected chi connectivity index (χ3v) is 4.84. The van der Waals surface area contributed by atoms with E-state index >= 15 is 0 Å². The molecule has 1 aromatic heterocycles. The van der Waals surface area contributed by atoms with Crippen molar-refractivity contribution in [2.75, 3.05) is 16.8 Å². The van der Waals surface area contributed by atoms with E-state index in [4.69, 9.17) is 4.74 Å². The number of amides is 1. The van der Waals surface area contributed by atoms with Crippen molar-refractivity contribution in [3.05, 3.63) is 53.7 Å². The van der Waals surface area contributed by atoms with Crippen molar-refractivity contribution in [1.82, 2.24) is 4.98 Å². The van der Waals surface area contributed by atoms with Crippen LogP contribution in [0.1, 0.15) is 34.1 Å². The van der Waals surface area contributed by atoms with Crippen LogP contribution in [0.15, 0.2) is 42.6 Å². The van der Waals surface area contributed by atoms with E-state index in [0.29, 0.717) is 22.7 Å². The molecule has 2 aromatic rings. The van der Waals surface area contributed by atoms with E-state index in [0.717, 1.165) is 17.9 Å². The molecule has 3 rings (SSSR count). The Kier molecular flexibility index (Phi) is 5.15. The molecule has 0 bridgehead atoms. The summed E-state index contributed by atoms with van der Waals surface area (Å²) in [4.78, 5) is 28.2. The molecule has 5 nitrogen and oxygen atoms in total. The van der Waals surface area contributed by atoms with Crippen molar-refractivity contribution >= 4 is 29.1 Å². The topological polar surface area (TPSA) is 68.3 Å². The van der Waals surface area contributed by atoms with Crippen molar-refractivity contribution in [1.29, 1.82) is 0 Å². The van der Waals surface area contributed by atoms with Gasteiger partial charge in [0.05, 0.1) is 0 Å². The van der Waals surface area contributed by atoms with Gasteiger partial charge < -0.3 is 10.1 Å². The Morgan fingerprint density at radius 2 is 2.17 bits per heavy atom. The number of anilines is 1. The summed E-state index contributed by atoms with van der Waals surface area (Å²) in [5.41, 5.74) is 1.51. The zero-order valence-electron chi connectivity index (χ0n) is 13.3. The first-order chi connectivity index (χ1) is 11.6. The van der Waals surface area contributed by atoms with Gasteiger partial charge in [0.1, 0.15) is 11.7 Å². The molecule has 0 radical (unpaired) electrons. The van der Waals surface area contributed by atoms with E-state index in [1.165, 1.54) is 6.92 Å². The highest BCUT2D eigenvalue weighted by atomic mass is 32.2. The third-order valence-electron chi connectivity index (χ3n) is 3.71. The largest absolute Gasteiger partial charge is 0.473 e. The highest BCUT2D eigenvalue weighted by Gasteiger charge is 2.21. The normalized spacial score (nSPS) is 16.6. The molecule has 1 aromatic carbocycles. The molecule has 124 valence electrons. The number of nitrogens with zero attached hydrogens (tertiary/aromatic N) is 1. The van der Waals surface area contributed by atoms with E-state index < -0.39 is 0 Å². The van der Waals surface area contributed by atoms with Gasteiger partial charge in [-0.1, -0.05) is 12.1 Å². The highest BCUT2D eigenvalue weighted by Crippen LogP contribution is 2.24. The summed E-state index contributed by atoms with van der Waals surface area (Å²) in [6.07, 6.45) is 2.67. The minimum absolute atomic E-state index is 0.0461. The van der Waals surface area contributed by atoms with Crippen LogP contribution in [0.2, 0.25) is 0 Å². The lowest BCUT2D eigenvalue weighted by Crippen LogP contribution is -2.20. The fraction of sp³-hybridized carbons (Fsp3) is 0.278. The summed E-state index contributed by atoms with van der Waals surface area (Å²) in [6.45, 7) is 1.49. The van der Waals surface area contributed by atoms with Gasteiger partial charge in [-0.05, 0) is 43.4 Å². The number of carbonyl (C=O) groups excluding carboxylic acids is 2. The van der Waals surface area contributed by atoms with Crippen molar-refractivity contribution in [2.24, 2.45) is 0 Å². The number of hydrogen-bond donors (Lipinski definition) is 1. The van der Waals surface area contributed by atoms with Gasteiger partial charge in [-0.25, -0.2) is 4.98 Å². The van der Waals surface area contributed by atoms with Crippen LogP contribution in [0.5, 0.6) is 5.88 Å². The molecule has 1 amide bonds. The molecule has 1 aliphatic heterocycles. The van der Waals surface area contributed by atoms with Crippen molar-refractivity contribution < 1.29 is 14.3 Å². The number of ether oxygens (including phenoxy) is 1. The molecule has 1 saturated heterocycles. The second kappa shape index (κ2) is 7.49. The number of hydrogen-bond acceptors (Lipinski definition) is 5. The Morgan fingerprint density at radius 1 is 1.29 bits per heavy atom. The number of carbonyl (C=O) groups is 2. The van der Waals surface area contributed by atoms with Crippen LogP contribution in [0.3, 0.4) is 0 Å². The van der Waals surface area contributed by atoms with E-state index in [2.05, 4.69) is 10.3 Å². The van der Waals surface area contributed by atoms with Crippen LogP contribution in [-0.2, 0) is 0 Å². The number of ketones is 1. The lowest BCUT2D eigenvalue weighted by Gasteiger charge is -2.14. The first kappa shape index (κ1) is 16.5. The van der Waals surface area contributed by atoms with Gasteiger partial charge in [-0.15, -0.1) is 0 Å². The summed E-state index contributed by atoms with van der Waals surface area (Å²) in [5, 5.41) is 2.80. The third kappa shape index (κ3) is 3.94. The molecule has 1 atom stereocenters. The lowest BCUT2D eigenvalue weighted by atomic mass is 10.1. The van der Waals surface area contributed by atoms with Gasteiger partial charge in [-0.2, -0.15) is 11.8 Å². The fourth-order valence-electron chi connectivity index (χ4n) is 2.44. The Labute approximate surface area is 144 Å². The van der Waals surface area contributed by atoms with Crippen LogP contribution in [0.25, 0.3) is 0 Å². The Balaban J connectivity index is 1.77. The number of aromatic nitrogens is 1. The van der Waals surface area contributed by atoms with Gasteiger partial charge >= 0.3 is 0 Å². The van der Waals surface area contributed by atoms with Gasteiger partial charge in [0.15, 0.2) is 5.78 Å². The minimum atomic E-state index is -0.301. The molecule has 0 spiro atoms. The second-order valence-corrected chi connectivity index (χ2v) is 6.70. The van der Waals surface area contributed by atoms with Crippen LogP contribution in [0, 0.1) is 0 Å². The summed E-state index contributed by atoms with van der Waals surface area (Å²) >= 11 is 1.84. The van der Waals surface area contributed by atoms with Crippen LogP contribution < -0.4 is 10.1 Å². The van der Waals surface area contributed by atoms with E-state index in [1.54, 1.807) is 42.6 Å². The number of pyridine rings is 1. The summed E-state index contributed by atoms with van der Waals surface area (Å²) in [6, 6.07) is 10.3. The van der Waals surface area contributed by atoms with Crippen molar-refractivity contribution in [3.8, 4) is 5.88 Å². The zero-order valence-corrected chi connectivity index (χ0v) is 14.1. The molecule has 24 heavy (non-hydrogen) atoms. The average Bonchev–Trinajstić information content (AvgIpc) is 3.08. The molecule has 0 saturated carbocycles. The molecule has 1 fully saturated rings. The molecule has 1 N–H and O–H groups in total. The number of nitrogens with one attached hydrogen (secondary N) is 1. The molecule has 0 aliphatic carbocycles. The Morgan fingerprint density at radius 3 is 2.92 bits per heavy atom. The number of Topliss-reactive ketones (excluding diaryl/α,β-unsaturated/α-hetero) is 1. The first-order valence-electron chi connectivity index (χ1n) is 7.75. The second-order valence-electron chi connectivity index (χ2n) is 5.55. The van der Waals surface area contributed by atoms with Gasteiger partial charge in [0.2, 0.25) is 5.88 Å². The van der Waals surface area contributed by atoms with Gasteiger partial charge in [0, 0.05) is 23.2 Å². The maximum absolute atomic E-state index is 12.6. The molecular formula is C18H18N2O3S. The predicted octanol–water partition coefficient (Wildman–Crippen LogP) is 3.42. The summed E-state index contributed by atoms with van der Waals surface area (Å²) < 4.78 is 5.88. The lowest BCUT2D eigenvalue weighted by molar-refractivity contribution is 0.100. The van der Waals surface area contributed by atoms with E-state index in [-0.39, 0.29) is 17.8 Å². The van der Waals surface area contributed by atoms with Crippen LogP contribution >= 0.6 is 11.8 Å². The minimum Gasteiger partial charge on any atom is -0.473 e. The molecule has 2 heterocycles. The average molecular weight is 342 g/mol. The van der Waals surface area contributed by atoms with Crippen molar-refractivity contribution in [2.45, 2.75) is 19.4 Å². The number of rotatable bonds is 5. The predicted molar refractivity (Wildman–Crippen MR) is 95.0 cm³/mol. The van der Waals surface area contributed by atoms with Crippen LogP contribution in [-0.4, -0.2) is 34.3 Å². The monoisotopic (exact) mass is 342 g/mol. The van der Waals surface area contributed by atoms with Crippen LogP contribution in [0.4, 0.5) is 5.69 Å². The number of benzene rings is 1. The molecule has 1 aliphatic rings. The Hall–Kier alpha value is -2.34. The standard InChI is InChI=1S/C18H18N2O3S/c1-12(21)13-4-2-5-14(10-13)20-17(22)16-6-3-8-19-18(16)23-15-7-9-24-11-15/h2-6,8,10,15H,7,9,11H2,1H3,(H,20,22). The fourth-order valence-corrected chi connectivity index (χ4v) is 3.53. The zero-order chi connectivity index (χ0) is 16.9. The van der Waals surface area contributed by atoms with E-state index in [9.17, 15) is 9.59 Å².